The van der Waals surface area contributed by atoms with Gasteiger partial charge in [0.2, 0.25) is 0 Å². The van der Waals surface area contributed by atoms with Gasteiger partial charge in [-0.3, -0.25) is 9.59 Å². The topological polar surface area (TPSA) is 67.9 Å². The quantitative estimate of drug-likeness (QED) is 0.766. The Hall–Kier alpha value is -2.99. The second-order valence-electron chi connectivity index (χ2n) is 5.81. The Bertz CT molecular complexity index is 939. The highest BCUT2D eigenvalue weighted by molar-refractivity contribution is 6.53. The molecule has 0 radical (unpaired) electrons. The lowest BCUT2D eigenvalue weighted by molar-refractivity contribution is -0.120. The van der Waals surface area contributed by atoms with Gasteiger partial charge in [-0.05, 0) is 30.2 Å². The number of hydrogen-bond donors (Lipinski definition) is 1. The van der Waals surface area contributed by atoms with Crippen molar-refractivity contribution in [2.45, 2.75) is 13.3 Å². The first-order chi connectivity index (χ1) is 13.0. The van der Waals surface area contributed by atoms with Crippen LogP contribution in [0.4, 0.5) is 11.4 Å². The maximum atomic E-state index is 13.0. The molecule has 27 heavy (non-hydrogen) atoms. The molecular weight excluding hydrogens is 368 g/mol. The molecule has 2 aromatic carbocycles. The summed E-state index contributed by atoms with van der Waals surface area (Å²) in [4.78, 5) is 26.7. The van der Waals surface area contributed by atoms with Gasteiger partial charge in [-0.2, -0.15) is 0 Å². The molecule has 3 rings (SSSR count). The molecule has 0 bridgehead atoms. The number of amides is 2. The molecule has 1 aliphatic rings. The van der Waals surface area contributed by atoms with Crippen LogP contribution >= 0.6 is 11.6 Å². The molecule has 1 heterocycles. The minimum atomic E-state index is -0.558. The smallest absolute Gasteiger partial charge is 0.283 e. The third-order valence-electron chi connectivity index (χ3n) is 4.31. The number of rotatable bonds is 6. The number of imide groups is 1. The first-order valence-electron chi connectivity index (χ1n) is 8.37. The van der Waals surface area contributed by atoms with Crippen molar-refractivity contribution in [1.29, 1.82) is 0 Å². The van der Waals surface area contributed by atoms with Crippen LogP contribution < -0.4 is 19.7 Å². The standard InChI is InChI=1S/C20H19ClN2O4/c1-4-12-7-5-6-8-15(12)23-19(24)17(21)18(20(23)25)22-14-10-9-13(26-2)11-16(14)27-3/h5-11,22H,4H2,1-3H3. The Balaban J connectivity index is 1.96. The monoisotopic (exact) mass is 386 g/mol. The zero-order chi connectivity index (χ0) is 19.6. The van der Waals surface area contributed by atoms with Crippen molar-refractivity contribution >= 4 is 34.8 Å². The number of halogens is 1. The molecule has 2 aromatic rings. The van der Waals surface area contributed by atoms with E-state index in [-0.39, 0.29) is 10.7 Å². The fraction of sp³-hybridized carbons (Fsp3) is 0.200. The van der Waals surface area contributed by atoms with Gasteiger partial charge in [-0.25, -0.2) is 4.90 Å². The van der Waals surface area contributed by atoms with E-state index in [1.807, 2.05) is 19.1 Å². The second kappa shape index (κ2) is 7.72. The molecule has 2 amide bonds. The average molecular weight is 387 g/mol. The number of benzene rings is 2. The third kappa shape index (κ3) is 3.36. The number of hydrogen-bond acceptors (Lipinski definition) is 5. The second-order valence-corrected chi connectivity index (χ2v) is 6.19. The maximum absolute atomic E-state index is 13.0. The number of aryl methyl sites for hydroxylation is 1. The number of methoxy groups -OCH3 is 2. The predicted octanol–water partition coefficient (Wildman–Crippen LogP) is 3.70. The summed E-state index contributed by atoms with van der Waals surface area (Å²) in [5.41, 5.74) is 1.92. The van der Waals surface area contributed by atoms with Gasteiger partial charge in [0.1, 0.15) is 22.2 Å². The normalized spacial score (nSPS) is 14.0. The van der Waals surface area contributed by atoms with Crippen molar-refractivity contribution in [3.05, 3.63) is 58.8 Å². The molecule has 0 saturated heterocycles. The first kappa shape index (κ1) is 18.8. The van der Waals surface area contributed by atoms with Gasteiger partial charge in [0.05, 0.1) is 25.6 Å². The van der Waals surface area contributed by atoms with Gasteiger partial charge in [-0.1, -0.05) is 36.7 Å². The van der Waals surface area contributed by atoms with Crippen LogP contribution in [0.5, 0.6) is 11.5 Å². The van der Waals surface area contributed by atoms with Crippen LogP contribution in [0.25, 0.3) is 0 Å². The molecule has 0 unspecified atom stereocenters. The van der Waals surface area contributed by atoms with Crippen molar-refractivity contribution < 1.29 is 19.1 Å². The van der Waals surface area contributed by atoms with Crippen LogP contribution in [0.15, 0.2) is 53.2 Å². The van der Waals surface area contributed by atoms with E-state index in [1.54, 1.807) is 37.4 Å². The van der Waals surface area contributed by atoms with E-state index < -0.39 is 11.8 Å². The molecule has 0 aliphatic carbocycles. The van der Waals surface area contributed by atoms with Crippen molar-refractivity contribution in [2.75, 3.05) is 24.4 Å². The number of carbonyl (C=O) groups is 2. The molecule has 0 saturated carbocycles. The van der Waals surface area contributed by atoms with Gasteiger partial charge in [0, 0.05) is 6.07 Å². The lowest BCUT2D eigenvalue weighted by Crippen LogP contribution is -2.33. The summed E-state index contributed by atoms with van der Waals surface area (Å²) in [7, 11) is 3.05. The Morgan fingerprint density at radius 1 is 1.04 bits per heavy atom. The summed E-state index contributed by atoms with van der Waals surface area (Å²) in [6.07, 6.45) is 0.680. The van der Waals surface area contributed by atoms with Crippen LogP contribution in [0.1, 0.15) is 12.5 Å². The SMILES string of the molecule is CCc1ccccc1N1C(=O)C(Cl)=C(Nc2ccc(OC)cc2OC)C1=O. The van der Waals surface area contributed by atoms with Crippen molar-refractivity contribution in [2.24, 2.45) is 0 Å². The molecular formula is C20H19ClN2O4. The van der Waals surface area contributed by atoms with Gasteiger partial charge in [0.25, 0.3) is 11.8 Å². The Morgan fingerprint density at radius 2 is 1.78 bits per heavy atom. The Kier molecular flexibility index (Phi) is 5.37. The largest absolute Gasteiger partial charge is 0.497 e. The Morgan fingerprint density at radius 3 is 2.44 bits per heavy atom. The van der Waals surface area contributed by atoms with E-state index in [0.29, 0.717) is 29.3 Å². The molecule has 0 atom stereocenters. The predicted molar refractivity (Wildman–Crippen MR) is 104 cm³/mol. The molecule has 0 fully saturated rings. The van der Waals surface area contributed by atoms with Crippen LogP contribution in [0.2, 0.25) is 0 Å². The Labute approximate surface area is 162 Å². The van der Waals surface area contributed by atoms with Gasteiger partial charge >= 0.3 is 0 Å². The molecule has 0 spiro atoms. The summed E-state index contributed by atoms with van der Waals surface area (Å²) in [6.45, 7) is 1.96. The highest BCUT2D eigenvalue weighted by atomic mass is 35.5. The number of ether oxygens (including phenoxy) is 2. The van der Waals surface area contributed by atoms with E-state index in [0.717, 1.165) is 10.5 Å². The molecule has 7 heteroatoms. The molecule has 0 aromatic heterocycles. The van der Waals surface area contributed by atoms with Gasteiger partial charge < -0.3 is 14.8 Å². The minimum Gasteiger partial charge on any atom is -0.497 e. The maximum Gasteiger partial charge on any atom is 0.283 e. The lowest BCUT2D eigenvalue weighted by Gasteiger charge is -2.18. The van der Waals surface area contributed by atoms with Crippen LogP contribution in [-0.4, -0.2) is 26.0 Å². The van der Waals surface area contributed by atoms with Crippen molar-refractivity contribution in [3.63, 3.8) is 0 Å². The average Bonchev–Trinajstić information content (AvgIpc) is 2.91. The van der Waals surface area contributed by atoms with E-state index in [2.05, 4.69) is 5.32 Å². The third-order valence-corrected chi connectivity index (χ3v) is 4.66. The van der Waals surface area contributed by atoms with E-state index >= 15 is 0 Å². The van der Waals surface area contributed by atoms with E-state index in [4.69, 9.17) is 21.1 Å². The van der Waals surface area contributed by atoms with Crippen LogP contribution in [0.3, 0.4) is 0 Å². The van der Waals surface area contributed by atoms with Crippen molar-refractivity contribution in [1.82, 2.24) is 0 Å². The summed E-state index contributed by atoms with van der Waals surface area (Å²) >= 11 is 6.21. The molecule has 1 N–H and O–H groups in total. The van der Waals surface area contributed by atoms with E-state index in [1.165, 1.54) is 7.11 Å². The number of para-hydroxylation sites is 1. The fourth-order valence-corrected chi connectivity index (χ4v) is 3.11. The first-order valence-corrected chi connectivity index (χ1v) is 8.75. The number of carbonyl (C=O) groups excluding carboxylic acids is 2. The highest BCUT2D eigenvalue weighted by Crippen LogP contribution is 2.35. The highest BCUT2D eigenvalue weighted by Gasteiger charge is 2.39. The van der Waals surface area contributed by atoms with Crippen LogP contribution in [0, 0.1) is 0 Å². The molecule has 140 valence electrons. The lowest BCUT2D eigenvalue weighted by atomic mass is 10.1. The number of nitrogens with one attached hydrogen (secondary N) is 1. The summed E-state index contributed by atoms with van der Waals surface area (Å²) in [6, 6.07) is 12.3. The fourth-order valence-electron chi connectivity index (χ4n) is 2.89. The summed E-state index contributed by atoms with van der Waals surface area (Å²) in [5, 5.41) is 2.77. The zero-order valence-corrected chi connectivity index (χ0v) is 16.0. The van der Waals surface area contributed by atoms with Crippen molar-refractivity contribution in [3.8, 4) is 11.5 Å². The minimum absolute atomic E-state index is 0.0102. The number of nitrogens with zero attached hydrogens (tertiary/aromatic N) is 1. The number of anilines is 2. The van der Waals surface area contributed by atoms with Gasteiger partial charge in [-0.15, -0.1) is 0 Å². The van der Waals surface area contributed by atoms with Crippen LogP contribution in [-0.2, 0) is 16.0 Å². The molecule has 6 nitrogen and oxygen atoms in total. The zero-order valence-electron chi connectivity index (χ0n) is 15.2. The summed E-state index contributed by atoms with van der Waals surface area (Å²) < 4.78 is 10.5. The molecule has 1 aliphatic heterocycles. The van der Waals surface area contributed by atoms with Gasteiger partial charge in [0.15, 0.2) is 0 Å². The van der Waals surface area contributed by atoms with E-state index in [9.17, 15) is 9.59 Å². The summed E-state index contributed by atoms with van der Waals surface area (Å²) in [5.74, 6) is -0.00917.